The lowest BCUT2D eigenvalue weighted by Gasteiger charge is -2.20. The molecule has 0 saturated heterocycles. The molecule has 0 bridgehead atoms. The molecule has 0 heterocycles. The van der Waals surface area contributed by atoms with Crippen molar-refractivity contribution in [3.05, 3.63) is 107 Å². The predicted molar refractivity (Wildman–Crippen MR) is 100 cm³/mol. The Morgan fingerprint density at radius 3 is 1.88 bits per heavy atom. The lowest BCUT2D eigenvalue weighted by molar-refractivity contribution is 0.290. The summed E-state index contributed by atoms with van der Waals surface area (Å²) < 4.78 is 13.2. The molecule has 0 spiro atoms. The molecule has 3 aromatic carbocycles. The van der Waals surface area contributed by atoms with E-state index in [1.807, 2.05) is 18.2 Å². The summed E-state index contributed by atoms with van der Waals surface area (Å²) in [5, 5.41) is 0. The molecule has 3 aromatic rings. The molecule has 3 rings (SSSR count). The van der Waals surface area contributed by atoms with Crippen molar-refractivity contribution in [3.8, 4) is 11.8 Å². The summed E-state index contributed by atoms with van der Waals surface area (Å²) in [7, 11) is 0. The number of rotatable bonds is 5. The van der Waals surface area contributed by atoms with Crippen LogP contribution in [0.3, 0.4) is 0 Å². The molecule has 0 atom stereocenters. The molecular formula is C23H20FN. The van der Waals surface area contributed by atoms with Gasteiger partial charge in [0.05, 0.1) is 6.54 Å². The Hall–Kier alpha value is -2.89. The number of nitrogens with zero attached hydrogens (tertiary/aromatic N) is 1. The fourth-order valence-corrected chi connectivity index (χ4v) is 2.67. The van der Waals surface area contributed by atoms with Crippen LogP contribution in [0, 0.1) is 17.7 Å². The first-order chi connectivity index (χ1) is 12.3. The van der Waals surface area contributed by atoms with Crippen molar-refractivity contribution in [3.63, 3.8) is 0 Å². The maximum absolute atomic E-state index is 13.2. The minimum Gasteiger partial charge on any atom is -0.284 e. The molecule has 0 fully saturated rings. The van der Waals surface area contributed by atoms with E-state index in [9.17, 15) is 4.39 Å². The monoisotopic (exact) mass is 329 g/mol. The summed E-state index contributed by atoms with van der Waals surface area (Å²) in [6, 6.07) is 27.1. The molecule has 0 amide bonds. The van der Waals surface area contributed by atoms with E-state index in [-0.39, 0.29) is 5.82 Å². The Morgan fingerprint density at radius 2 is 1.32 bits per heavy atom. The van der Waals surface area contributed by atoms with Gasteiger partial charge in [0.15, 0.2) is 0 Å². The Balaban J connectivity index is 1.72. The Labute approximate surface area is 148 Å². The van der Waals surface area contributed by atoms with E-state index < -0.39 is 0 Å². The van der Waals surface area contributed by atoms with Crippen LogP contribution in [0.4, 0.5) is 4.39 Å². The van der Waals surface area contributed by atoms with E-state index in [0.29, 0.717) is 12.1 Å². The molecule has 0 radical (unpaired) electrons. The zero-order valence-corrected chi connectivity index (χ0v) is 14.0. The first-order valence-electron chi connectivity index (χ1n) is 8.34. The molecule has 0 unspecified atom stereocenters. The zero-order valence-electron chi connectivity index (χ0n) is 14.0. The fraction of sp³-hybridized carbons (Fsp3) is 0.130. The molecule has 124 valence electrons. The van der Waals surface area contributed by atoms with Crippen molar-refractivity contribution >= 4 is 0 Å². The van der Waals surface area contributed by atoms with Crippen LogP contribution >= 0.6 is 0 Å². The Bertz CT molecular complexity index is 806. The second-order valence-electron chi connectivity index (χ2n) is 5.93. The number of hydrogen-bond acceptors (Lipinski definition) is 1. The number of hydrogen-bond donors (Lipinski definition) is 0. The molecule has 0 aromatic heterocycles. The molecule has 0 aliphatic carbocycles. The molecular weight excluding hydrogens is 309 g/mol. The van der Waals surface area contributed by atoms with E-state index in [0.717, 1.165) is 13.1 Å². The van der Waals surface area contributed by atoms with Gasteiger partial charge in [-0.15, -0.1) is 0 Å². The second kappa shape index (κ2) is 8.82. The third kappa shape index (κ3) is 5.60. The summed E-state index contributed by atoms with van der Waals surface area (Å²) in [6.07, 6.45) is 0. The fourth-order valence-electron chi connectivity index (χ4n) is 2.67. The number of halogens is 1. The van der Waals surface area contributed by atoms with Crippen LogP contribution in [-0.2, 0) is 13.1 Å². The summed E-state index contributed by atoms with van der Waals surface area (Å²) in [6.45, 7) is 2.28. The van der Waals surface area contributed by atoms with Gasteiger partial charge >= 0.3 is 0 Å². The number of benzene rings is 3. The van der Waals surface area contributed by atoms with Gasteiger partial charge in [0.2, 0.25) is 0 Å². The highest BCUT2D eigenvalue weighted by molar-refractivity contribution is 5.34. The first-order valence-corrected chi connectivity index (χ1v) is 8.34. The summed E-state index contributed by atoms with van der Waals surface area (Å²) in [5.74, 6) is 5.98. The van der Waals surface area contributed by atoms with Crippen molar-refractivity contribution in [1.82, 2.24) is 4.90 Å². The van der Waals surface area contributed by atoms with Crippen LogP contribution in [-0.4, -0.2) is 11.4 Å². The Morgan fingerprint density at radius 1 is 0.720 bits per heavy atom. The summed E-state index contributed by atoms with van der Waals surface area (Å²) >= 11 is 0. The SMILES string of the molecule is Fc1cccc(C#CCN(Cc2ccccc2)Cc2ccccc2)c1. The topological polar surface area (TPSA) is 3.24 Å². The van der Waals surface area contributed by atoms with Gasteiger partial charge in [-0.25, -0.2) is 4.39 Å². The van der Waals surface area contributed by atoms with Crippen LogP contribution in [0.2, 0.25) is 0 Å². The van der Waals surface area contributed by atoms with Gasteiger partial charge in [0.1, 0.15) is 5.82 Å². The lowest BCUT2D eigenvalue weighted by atomic mass is 10.1. The highest BCUT2D eigenvalue weighted by Gasteiger charge is 2.05. The van der Waals surface area contributed by atoms with Crippen LogP contribution in [0.15, 0.2) is 84.9 Å². The van der Waals surface area contributed by atoms with Crippen molar-refractivity contribution in [2.24, 2.45) is 0 Å². The zero-order chi connectivity index (χ0) is 17.3. The predicted octanol–water partition coefficient (Wildman–Crippen LogP) is 4.88. The highest BCUT2D eigenvalue weighted by Crippen LogP contribution is 2.09. The third-order valence-corrected chi connectivity index (χ3v) is 3.86. The van der Waals surface area contributed by atoms with Crippen molar-refractivity contribution in [2.75, 3.05) is 6.54 Å². The van der Waals surface area contributed by atoms with E-state index in [1.165, 1.54) is 23.3 Å². The normalized spacial score (nSPS) is 10.3. The molecule has 2 heteroatoms. The average Bonchev–Trinajstić information content (AvgIpc) is 2.63. The van der Waals surface area contributed by atoms with Gasteiger partial charge in [-0.1, -0.05) is 78.6 Å². The van der Waals surface area contributed by atoms with Crippen LogP contribution < -0.4 is 0 Å². The van der Waals surface area contributed by atoms with E-state index >= 15 is 0 Å². The molecule has 0 saturated carbocycles. The van der Waals surface area contributed by atoms with Crippen LogP contribution in [0.5, 0.6) is 0 Å². The van der Waals surface area contributed by atoms with Gasteiger partial charge in [-0.2, -0.15) is 0 Å². The van der Waals surface area contributed by atoms with Gasteiger partial charge < -0.3 is 0 Å². The van der Waals surface area contributed by atoms with Crippen LogP contribution in [0.25, 0.3) is 0 Å². The molecule has 25 heavy (non-hydrogen) atoms. The van der Waals surface area contributed by atoms with Crippen LogP contribution in [0.1, 0.15) is 16.7 Å². The van der Waals surface area contributed by atoms with Gasteiger partial charge in [-0.3, -0.25) is 4.90 Å². The molecule has 0 N–H and O–H groups in total. The van der Waals surface area contributed by atoms with Gasteiger partial charge in [0.25, 0.3) is 0 Å². The molecule has 1 nitrogen and oxygen atoms in total. The second-order valence-corrected chi connectivity index (χ2v) is 5.93. The minimum absolute atomic E-state index is 0.253. The highest BCUT2D eigenvalue weighted by atomic mass is 19.1. The average molecular weight is 329 g/mol. The van der Waals surface area contributed by atoms with E-state index in [1.54, 1.807) is 6.07 Å². The smallest absolute Gasteiger partial charge is 0.124 e. The standard InChI is InChI=1S/C23H20FN/c24-23-15-7-13-20(17-23)14-8-16-25(18-21-9-3-1-4-10-21)19-22-11-5-2-6-12-22/h1-7,9-13,15,17H,16,18-19H2. The Kier molecular flexibility index (Phi) is 5.98. The quantitative estimate of drug-likeness (QED) is 0.603. The lowest BCUT2D eigenvalue weighted by Crippen LogP contribution is -2.23. The van der Waals surface area contributed by atoms with Crippen molar-refractivity contribution in [1.29, 1.82) is 0 Å². The first kappa shape index (κ1) is 17.0. The van der Waals surface area contributed by atoms with Crippen molar-refractivity contribution < 1.29 is 4.39 Å². The van der Waals surface area contributed by atoms with E-state index in [4.69, 9.17) is 0 Å². The molecule has 0 aliphatic heterocycles. The molecule has 0 aliphatic rings. The van der Waals surface area contributed by atoms with Gasteiger partial charge in [0, 0.05) is 18.7 Å². The minimum atomic E-state index is -0.253. The maximum Gasteiger partial charge on any atom is 0.124 e. The third-order valence-electron chi connectivity index (χ3n) is 3.86. The largest absolute Gasteiger partial charge is 0.284 e. The maximum atomic E-state index is 13.2. The van der Waals surface area contributed by atoms with E-state index in [2.05, 4.69) is 65.3 Å². The summed E-state index contributed by atoms with van der Waals surface area (Å²) in [4.78, 5) is 2.29. The van der Waals surface area contributed by atoms with Gasteiger partial charge in [-0.05, 0) is 29.3 Å². The van der Waals surface area contributed by atoms with Crippen molar-refractivity contribution in [2.45, 2.75) is 13.1 Å². The summed E-state index contributed by atoms with van der Waals surface area (Å²) in [5.41, 5.74) is 3.22.